The number of halogens is 2. The fraction of sp³-hybridized carbons (Fsp3) is 0.588. The first kappa shape index (κ1) is 21.2. The third kappa shape index (κ3) is 5.33. The van der Waals surface area contributed by atoms with Crippen molar-refractivity contribution in [2.24, 2.45) is 5.73 Å². The van der Waals surface area contributed by atoms with Gasteiger partial charge >= 0.3 is 0 Å². The second kappa shape index (κ2) is 9.59. The minimum Gasteiger partial charge on any atom is -0.376 e. The van der Waals surface area contributed by atoms with Crippen molar-refractivity contribution in [3.05, 3.63) is 35.9 Å². The Morgan fingerprint density at radius 2 is 2.04 bits per heavy atom. The molecule has 2 fully saturated rings. The van der Waals surface area contributed by atoms with E-state index < -0.39 is 6.04 Å². The highest BCUT2D eigenvalue weighted by molar-refractivity contribution is 5.85. The second-order valence-electron chi connectivity index (χ2n) is 6.49. The van der Waals surface area contributed by atoms with Crippen molar-refractivity contribution in [1.82, 2.24) is 10.2 Å². The first-order valence-electron chi connectivity index (χ1n) is 8.07. The van der Waals surface area contributed by atoms with E-state index in [1.54, 1.807) is 0 Å². The fourth-order valence-electron chi connectivity index (χ4n) is 3.41. The van der Waals surface area contributed by atoms with Crippen molar-refractivity contribution in [2.45, 2.75) is 44.0 Å². The molecule has 0 saturated carbocycles. The van der Waals surface area contributed by atoms with Gasteiger partial charge in [0.2, 0.25) is 5.91 Å². The number of morpholine rings is 1. The third-order valence-electron chi connectivity index (χ3n) is 4.57. The first-order valence-corrected chi connectivity index (χ1v) is 8.07. The Morgan fingerprint density at radius 1 is 1.33 bits per heavy atom. The zero-order valence-corrected chi connectivity index (χ0v) is 15.5. The molecule has 0 bridgehead atoms. The number of amides is 1. The zero-order valence-electron chi connectivity index (χ0n) is 13.9. The molecule has 1 amide bonds. The molecule has 0 spiro atoms. The van der Waals surface area contributed by atoms with Crippen LogP contribution in [0.3, 0.4) is 0 Å². The number of ether oxygens (including phenoxy) is 1. The van der Waals surface area contributed by atoms with Crippen LogP contribution in [-0.4, -0.2) is 54.7 Å². The molecule has 1 aromatic carbocycles. The number of carbonyl (C=O) groups is 1. The van der Waals surface area contributed by atoms with Gasteiger partial charge < -0.3 is 15.8 Å². The minimum atomic E-state index is -0.491. The average molecular weight is 376 g/mol. The van der Waals surface area contributed by atoms with Crippen LogP contribution in [0, 0.1) is 0 Å². The summed E-state index contributed by atoms with van der Waals surface area (Å²) >= 11 is 0. The Balaban J connectivity index is 0.00000144. The van der Waals surface area contributed by atoms with Gasteiger partial charge in [-0.1, -0.05) is 30.3 Å². The summed E-state index contributed by atoms with van der Waals surface area (Å²) < 4.78 is 5.69. The van der Waals surface area contributed by atoms with Gasteiger partial charge in [0.05, 0.1) is 18.8 Å². The zero-order chi connectivity index (χ0) is 15.5. The number of rotatable bonds is 4. The monoisotopic (exact) mass is 375 g/mol. The molecule has 2 saturated heterocycles. The Labute approximate surface area is 156 Å². The molecule has 2 aliphatic rings. The lowest BCUT2D eigenvalue weighted by molar-refractivity contribution is -0.122. The Kier molecular flexibility index (Phi) is 8.46. The topological polar surface area (TPSA) is 67.6 Å². The highest BCUT2D eigenvalue weighted by Crippen LogP contribution is 2.23. The third-order valence-corrected chi connectivity index (χ3v) is 4.57. The predicted molar refractivity (Wildman–Crippen MR) is 99.9 cm³/mol. The molecule has 2 aliphatic heterocycles. The fourth-order valence-corrected chi connectivity index (χ4v) is 3.41. The number of benzene rings is 1. The summed E-state index contributed by atoms with van der Waals surface area (Å²) in [5.74, 6) is -0.0531. The van der Waals surface area contributed by atoms with Crippen LogP contribution in [0.2, 0.25) is 0 Å². The lowest BCUT2D eigenvalue weighted by Gasteiger charge is -2.33. The molecule has 0 radical (unpaired) electrons. The van der Waals surface area contributed by atoms with E-state index in [0.29, 0.717) is 12.5 Å². The molecule has 0 aromatic heterocycles. The molecule has 4 atom stereocenters. The van der Waals surface area contributed by atoms with Crippen LogP contribution >= 0.6 is 24.8 Å². The summed E-state index contributed by atoms with van der Waals surface area (Å²) in [4.78, 5) is 14.7. The van der Waals surface area contributed by atoms with E-state index in [1.165, 1.54) is 0 Å². The maximum atomic E-state index is 12.3. The second-order valence-corrected chi connectivity index (χ2v) is 6.49. The summed E-state index contributed by atoms with van der Waals surface area (Å²) in [5, 5.41) is 3.11. The standard InChI is InChI=1S/C17H25N3O2.2ClH/c1-12-9-20-10-14(8-15(20)11-22-12)19-17(21)16(18)7-13-5-3-2-4-6-13;;/h2-6,12,14-16H,7-11,18H2,1H3,(H,19,21);2*1H/t12-,14+,15+,16+;;/m1../s1. The van der Waals surface area contributed by atoms with Crippen molar-refractivity contribution >= 4 is 30.7 Å². The van der Waals surface area contributed by atoms with Gasteiger partial charge in [-0.3, -0.25) is 9.69 Å². The minimum absolute atomic E-state index is 0. The molecule has 2 heterocycles. The van der Waals surface area contributed by atoms with Gasteiger partial charge in [0, 0.05) is 25.2 Å². The Bertz CT molecular complexity index is 518. The maximum absolute atomic E-state index is 12.3. The number of carbonyl (C=O) groups excluding carboxylic acids is 1. The highest BCUT2D eigenvalue weighted by atomic mass is 35.5. The van der Waals surface area contributed by atoms with E-state index in [4.69, 9.17) is 10.5 Å². The van der Waals surface area contributed by atoms with E-state index in [9.17, 15) is 4.79 Å². The average Bonchev–Trinajstić information content (AvgIpc) is 2.89. The van der Waals surface area contributed by atoms with Gasteiger partial charge in [0.25, 0.3) is 0 Å². The predicted octanol–water partition coefficient (Wildman–Crippen LogP) is 1.38. The number of hydrogen-bond donors (Lipinski definition) is 2. The summed E-state index contributed by atoms with van der Waals surface area (Å²) in [6, 6.07) is 10.0. The molecular formula is C17H27Cl2N3O2. The largest absolute Gasteiger partial charge is 0.376 e. The lowest BCUT2D eigenvalue weighted by Crippen LogP contribution is -2.47. The Morgan fingerprint density at radius 3 is 2.75 bits per heavy atom. The van der Waals surface area contributed by atoms with E-state index >= 15 is 0 Å². The molecule has 1 aromatic rings. The lowest BCUT2D eigenvalue weighted by atomic mass is 10.1. The van der Waals surface area contributed by atoms with Crippen LogP contribution in [0.5, 0.6) is 0 Å². The van der Waals surface area contributed by atoms with Crippen molar-refractivity contribution in [3.63, 3.8) is 0 Å². The molecule has 7 heteroatoms. The van der Waals surface area contributed by atoms with Crippen LogP contribution in [0.1, 0.15) is 18.9 Å². The molecule has 136 valence electrons. The van der Waals surface area contributed by atoms with Crippen molar-refractivity contribution in [1.29, 1.82) is 0 Å². The van der Waals surface area contributed by atoms with Crippen LogP contribution < -0.4 is 11.1 Å². The van der Waals surface area contributed by atoms with Crippen molar-refractivity contribution in [2.75, 3.05) is 19.7 Å². The van der Waals surface area contributed by atoms with Gasteiger partial charge in [0.1, 0.15) is 0 Å². The number of hydrogen-bond acceptors (Lipinski definition) is 4. The number of fused-ring (bicyclic) bond motifs is 1. The van der Waals surface area contributed by atoms with E-state index in [1.807, 2.05) is 30.3 Å². The maximum Gasteiger partial charge on any atom is 0.237 e. The van der Waals surface area contributed by atoms with Crippen molar-refractivity contribution in [3.8, 4) is 0 Å². The van der Waals surface area contributed by atoms with Gasteiger partial charge in [0.15, 0.2) is 0 Å². The molecule has 3 N–H and O–H groups in total. The normalized spacial score (nSPS) is 27.3. The highest BCUT2D eigenvalue weighted by Gasteiger charge is 2.37. The number of nitrogens with one attached hydrogen (secondary N) is 1. The molecule has 0 unspecified atom stereocenters. The Hall–Kier alpha value is -0.850. The van der Waals surface area contributed by atoms with E-state index in [-0.39, 0.29) is 42.9 Å². The van der Waals surface area contributed by atoms with Gasteiger partial charge in [-0.25, -0.2) is 0 Å². The van der Waals surface area contributed by atoms with E-state index in [0.717, 1.165) is 31.7 Å². The first-order chi connectivity index (χ1) is 10.6. The summed E-state index contributed by atoms with van der Waals surface area (Å²) in [7, 11) is 0. The summed E-state index contributed by atoms with van der Waals surface area (Å²) in [6.45, 7) is 4.72. The summed E-state index contributed by atoms with van der Waals surface area (Å²) in [5.41, 5.74) is 7.14. The van der Waals surface area contributed by atoms with Gasteiger partial charge in [-0.05, 0) is 25.3 Å². The van der Waals surface area contributed by atoms with Crippen LogP contribution in [0.4, 0.5) is 0 Å². The van der Waals surface area contributed by atoms with Crippen LogP contribution in [-0.2, 0) is 16.0 Å². The molecule has 3 rings (SSSR count). The molecular weight excluding hydrogens is 349 g/mol. The van der Waals surface area contributed by atoms with Crippen LogP contribution in [0.15, 0.2) is 30.3 Å². The van der Waals surface area contributed by atoms with Gasteiger partial charge in [-0.15, -0.1) is 24.8 Å². The van der Waals surface area contributed by atoms with Gasteiger partial charge in [-0.2, -0.15) is 0 Å². The van der Waals surface area contributed by atoms with Crippen molar-refractivity contribution < 1.29 is 9.53 Å². The quantitative estimate of drug-likeness (QED) is 0.833. The summed E-state index contributed by atoms with van der Waals surface area (Å²) in [6.07, 6.45) is 1.81. The van der Waals surface area contributed by atoms with Crippen LogP contribution in [0.25, 0.3) is 0 Å². The SMILES string of the molecule is C[C@@H]1CN2C[C@@H](NC(=O)[C@@H](N)Cc3ccccc3)C[C@H]2CO1.Cl.Cl. The molecule has 5 nitrogen and oxygen atoms in total. The van der Waals surface area contributed by atoms with E-state index in [2.05, 4.69) is 17.1 Å². The smallest absolute Gasteiger partial charge is 0.237 e. The number of nitrogens with two attached hydrogens (primary N) is 1. The number of nitrogens with zero attached hydrogens (tertiary/aromatic N) is 1. The molecule has 24 heavy (non-hydrogen) atoms. The molecule has 0 aliphatic carbocycles.